The van der Waals surface area contributed by atoms with Gasteiger partial charge in [0.1, 0.15) is 5.01 Å². The largest absolute Gasteiger partial charge is 0.355 e. The van der Waals surface area contributed by atoms with Gasteiger partial charge in [0.05, 0.1) is 17.1 Å². The molecule has 1 aromatic heterocycles. The van der Waals surface area contributed by atoms with Crippen LogP contribution in [0.4, 0.5) is 0 Å². The van der Waals surface area contributed by atoms with Crippen LogP contribution in [0.5, 0.6) is 0 Å². The summed E-state index contributed by atoms with van der Waals surface area (Å²) < 4.78 is 0. The first-order valence-corrected chi connectivity index (χ1v) is 9.59. The molecular formula is C20H18ClN3O2S. The van der Waals surface area contributed by atoms with Crippen LogP contribution in [0, 0.1) is 0 Å². The molecule has 0 unspecified atom stereocenters. The van der Waals surface area contributed by atoms with E-state index in [9.17, 15) is 9.59 Å². The molecule has 0 saturated carbocycles. The minimum Gasteiger partial charge on any atom is -0.355 e. The second-order valence-electron chi connectivity index (χ2n) is 5.86. The number of hydrogen-bond acceptors (Lipinski definition) is 4. The Kier molecular flexibility index (Phi) is 6.21. The van der Waals surface area contributed by atoms with E-state index in [2.05, 4.69) is 15.6 Å². The Hall–Kier alpha value is -2.70. The number of carbonyl (C=O) groups excluding carboxylic acids is 2. The molecule has 2 aromatic carbocycles. The lowest BCUT2D eigenvalue weighted by molar-refractivity contribution is -0.120. The molecule has 3 aromatic rings. The van der Waals surface area contributed by atoms with Crippen molar-refractivity contribution in [3.8, 4) is 10.6 Å². The molecular weight excluding hydrogens is 382 g/mol. The van der Waals surface area contributed by atoms with Gasteiger partial charge >= 0.3 is 0 Å². The molecule has 0 spiro atoms. The van der Waals surface area contributed by atoms with E-state index in [-0.39, 0.29) is 18.2 Å². The van der Waals surface area contributed by atoms with Crippen molar-refractivity contribution in [1.82, 2.24) is 15.6 Å². The van der Waals surface area contributed by atoms with Crippen LogP contribution in [0.25, 0.3) is 10.6 Å². The average molecular weight is 400 g/mol. The number of rotatable bonds is 6. The van der Waals surface area contributed by atoms with Crippen LogP contribution in [0.15, 0.2) is 53.9 Å². The first-order valence-electron chi connectivity index (χ1n) is 8.34. The molecule has 0 bridgehead atoms. The summed E-state index contributed by atoms with van der Waals surface area (Å²) in [5.41, 5.74) is 2.99. The second-order valence-corrected chi connectivity index (χ2v) is 7.12. The SMILES string of the molecule is CNC(=O)c1cccc(CNC(=O)Cc2csc(-c3ccccc3Cl)n2)c1. The Morgan fingerprint density at radius 1 is 1.15 bits per heavy atom. The second kappa shape index (κ2) is 8.79. The zero-order chi connectivity index (χ0) is 19.2. The van der Waals surface area contributed by atoms with Gasteiger partial charge in [-0.15, -0.1) is 11.3 Å². The number of nitrogens with one attached hydrogen (secondary N) is 2. The fourth-order valence-electron chi connectivity index (χ4n) is 2.54. The summed E-state index contributed by atoms with van der Waals surface area (Å²) in [6.07, 6.45) is 0.191. The quantitative estimate of drug-likeness (QED) is 0.664. The topological polar surface area (TPSA) is 71.1 Å². The van der Waals surface area contributed by atoms with E-state index in [0.29, 0.717) is 22.8 Å². The van der Waals surface area contributed by atoms with Crippen LogP contribution < -0.4 is 10.6 Å². The summed E-state index contributed by atoms with van der Waals surface area (Å²) in [6, 6.07) is 14.7. The summed E-state index contributed by atoms with van der Waals surface area (Å²) >= 11 is 7.66. The van der Waals surface area contributed by atoms with Gasteiger partial charge in [0.25, 0.3) is 5.91 Å². The maximum absolute atomic E-state index is 12.2. The fraction of sp³-hybridized carbons (Fsp3) is 0.150. The lowest BCUT2D eigenvalue weighted by atomic mass is 10.1. The van der Waals surface area contributed by atoms with Crippen LogP contribution in [-0.2, 0) is 17.8 Å². The molecule has 0 atom stereocenters. The molecule has 0 fully saturated rings. The monoisotopic (exact) mass is 399 g/mol. The lowest BCUT2D eigenvalue weighted by Crippen LogP contribution is -2.25. The Morgan fingerprint density at radius 3 is 2.74 bits per heavy atom. The van der Waals surface area contributed by atoms with E-state index in [1.54, 1.807) is 25.2 Å². The van der Waals surface area contributed by atoms with E-state index >= 15 is 0 Å². The highest BCUT2D eigenvalue weighted by atomic mass is 35.5. The predicted molar refractivity (Wildman–Crippen MR) is 108 cm³/mol. The third-order valence-corrected chi connectivity index (χ3v) is 5.16. The van der Waals surface area contributed by atoms with E-state index in [1.165, 1.54) is 11.3 Å². The smallest absolute Gasteiger partial charge is 0.251 e. The standard InChI is InChI=1S/C20H18ClN3O2S/c1-22-19(26)14-6-4-5-13(9-14)11-23-18(25)10-15-12-27-20(24-15)16-7-2-3-8-17(16)21/h2-9,12H,10-11H2,1H3,(H,22,26)(H,23,25). The Labute approximate surface area is 166 Å². The minimum absolute atomic E-state index is 0.128. The van der Waals surface area contributed by atoms with Crippen molar-refractivity contribution in [2.24, 2.45) is 0 Å². The van der Waals surface area contributed by atoms with Crippen molar-refractivity contribution >= 4 is 34.8 Å². The highest BCUT2D eigenvalue weighted by Gasteiger charge is 2.11. The van der Waals surface area contributed by atoms with Gasteiger partial charge < -0.3 is 10.6 Å². The van der Waals surface area contributed by atoms with Gasteiger partial charge in [0.2, 0.25) is 5.91 Å². The summed E-state index contributed by atoms with van der Waals surface area (Å²) in [4.78, 5) is 28.4. The van der Waals surface area contributed by atoms with Gasteiger partial charge in [-0.05, 0) is 23.8 Å². The molecule has 138 valence electrons. The molecule has 7 heteroatoms. The van der Waals surface area contributed by atoms with Gasteiger partial charge in [-0.25, -0.2) is 4.98 Å². The molecule has 2 amide bonds. The van der Waals surface area contributed by atoms with E-state index in [1.807, 2.05) is 35.7 Å². The molecule has 0 saturated heterocycles. The summed E-state index contributed by atoms with van der Waals surface area (Å²) in [6.45, 7) is 0.352. The van der Waals surface area contributed by atoms with E-state index in [4.69, 9.17) is 11.6 Å². The molecule has 0 aliphatic carbocycles. The van der Waals surface area contributed by atoms with Crippen LogP contribution in [0.1, 0.15) is 21.6 Å². The number of thiazole rings is 1. The summed E-state index contributed by atoms with van der Waals surface area (Å²) in [5, 5.41) is 8.74. The zero-order valence-corrected chi connectivity index (χ0v) is 16.2. The normalized spacial score (nSPS) is 10.4. The number of halogens is 1. The van der Waals surface area contributed by atoms with Gasteiger partial charge in [0.15, 0.2) is 0 Å². The highest BCUT2D eigenvalue weighted by molar-refractivity contribution is 7.13. The van der Waals surface area contributed by atoms with Crippen LogP contribution in [0.2, 0.25) is 5.02 Å². The molecule has 3 rings (SSSR count). The van der Waals surface area contributed by atoms with E-state index in [0.717, 1.165) is 16.1 Å². The van der Waals surface area contributed by atoms with Crippen molar-refractivity contribution in [1.29, 1.82) is 0 Å². The lowest BCUT2D eigenvalue weighted by Gasteiger charge is -2.06. The maximum Gasteiger partial charge on any atom is 0.251 e. The molecule has 5 nitrogen and oxygen atoms in total. The first-order chi connectivity index (χ1) is 13.1. The minimum atomic E-state index is -0.155. The predicted octanol–water partition coefficient (Wildman–Crippen LogP) is 3.68. The number of nitrogens with zero attached hydrogens (tertiary/aromatic N) is 1. The molecule has 2 N–H and O–H groups in total. The first kappa shape index (κ1) is 19.1. The highest BCUT2D eigenvalue weighted by Crippen LogP contribution is 2.30. The number of aromatic nitrogens is 1. The van der Waals surface area contributed by atoms with Gasteiger partial charge in [-0.1, -0.05) is 41.9 Å². The van der Waals surface area contributed by atoms with Gasteiger partial charge in [0, 0.05) is 30.1 Å². The average Bonchev–Trinajstić information content (AvgIpc) is 3.14. The Morgan fingerprint density at radius 2 is 1.96 bits per heavy atom. The summed E-state index contributed by atoms with van der Waals surface area (Å²) in [5.74, 6) is -0.283. The zero-order valence-electron chi connectivity index (χ0n) is 14.7. The maximum atomic E-state index is 12.2. The number of hydrogen-bond donors (Lipinski definition) is 2. The Bertz CT molecular complexity index is 971. The molecule has 0 aliphatic heterocycles. The summed E-state index contributed by atoms with van der Waals surface area (Å²) in [7, 11) is 1.58. The van der Waals surface area contributed by atoms with E-state index < -0.39 is 0 Å². The van der Waals surface area contributed by atoms with Crippen molar-refractivity contribution in [2.45, 2.75) is 13.0 Å². The molecule has 0 aliphatic rings. The fourth-order valence-corrected chi connectivity index (χ4v) is 3.68. The number of amides is 2. The van der Waals surface area contributed by atoms with Crippen LogP contribution in [0.3, 0.4) is 0 Å². The van der Waals surface area contributed by atoms with Crippen LogP contribution in [-0.4, -0.2) is 23.8 Å². The molecule has 0 radical (unpaired) electrons. The molecule has 27 heavy (non-hydrogen) atoms. The van der Waals surface area contributed by atoms with Gasteiger partial charge in [-0.3, -0.25) is 9.59 Å². The van der Waals surface area contributed by atoms with Gasteiger partial charge in [-0.2, -0.15) is 0 Å². The number of benzene rings is 2. The third-order valence-electron chi connectivity index (χ3n) is 3.90. The molecule has 1 heterocycles. The van der Waals surface area contributed by atoms with Crippen molar-refractivity contribution < 1.29 is 9.59 Å². The number of carbonyl (C=O) groups is 2. The van der Waals surface area contributed by atoms with Crippen molar-refractivity contribution in [3.63, 3.8) is 0 Å². The third kappa shape index (κ3) is 4.93. The van der Waals surface area contributed by atoms with Crippen molar-refractivity contribution in [2.75, 3.05) is 7.05 Å². The van der Waals surface area contributed by atoms with Crippen LogP contribution >= 0.6 is 22.9 Å². The Balaban J connectivity index is 1.59. The van der Waals surface area contributed by atoms with Crippen molar-refractivity contribution in [3.05, 3.63) is 75.8 Å².